The van der Waals surface area contributed by atoms with E-state index in [0.717, 1.165) is 0 Å². The smallest absolute Gasteiger partial charge is 0.164 e. The van der Waals surface area contributed by atoms with Crippen molar-refractivity contribution in [1.82, 2.24) is 4.90 Å². The van der Waals surface area contributed by atoms with Gasteiger partial charge in [-0.05, 0) is 17.7 Å². The Morgan fingerprint density at radius 3 is 2.80 bits per heavy atom. The number of halogens is 1. The second kappa shape index (κ2) is 8.34. The lowest BCUT2D eigenvalue weighted by molar-refractivity contribution is -0.0272. The molecule has 1 aliphatic heterocycles. The molecule has 4 nitrogen and oxygen atoms in total. The second-order valence-electron chi connectivity index (χ2n) is 6.29. The lowest BCUT2D eigenvalue weighted by Gasteiger charge is -2.36. The van der Waals surface area contributed by atoms with Crippen LogP contribution < -0.4 is 0 Å². The number of rotatable bonds is 6. The molecule has 2 atom stereocenters. The highest BCUT2D eigenvalue weighted by molar-refractivity contribution is 5.96. The molecule has 1 heterocycles. The summed E-state index contributed by atoms with van der Waals surface area (Å²) in [5.74, 6) is -0.310. The standard InChI is InChI=1S/C20H22FNO3/c21-17-8-4-7-16(11-17)20(24)13-22-9-10-25-14-18(22)12-19(23)15-5-2-1-3-6-15/h1-8,11,18,20,24H,9-10,12-14H2/t18-,20-/m1/s1. The average Bonchev–Trinajstić information content (AvgIpc) is 2.64. The van der Waals surface area contributed by atoms with Gasteiger partial charge in [0.25, 0.3) is 0 Å². The van der Waals surface area contributed by atoms with E-state index in [1.54, 1.807) is 24.3 Å². The molecule has 0 bridgehead atoms. The Balaban J connectivity index is 1.65. The molecule has 0 unspecified atom stereocenters. The van der Waals surface area contributed by atoms with Crippen LogP contribution in [-0.2, 0) is 4.74 Å². The van der Waals surface area contributed by atoms with Crippen molar-refractivity contribution in [2.45, 2.75) is 18.6 Å². The number of aliphatic hydroxyl groups is 1. The van der Waals surface area contributed by atoms with Crippen LogP contribution in [0.5, 0.6) is 0 Å². The minimum Gasteiger partial charge on any atom is -0.387 e. The van der Waals surface area contributed by atoms with Gasteiger partial charge in [0.1, 0.15) is 5.82 Å². The van der Waals surface area contributed by atoms with Gasteiger partial charge in [-0.3, -0.25) is 9.69 Å². The van der Waals surface area contributed by atoms with Gasteiger partial charge < -0.3 is 9.84 Å². The first-order valence-corrected chi connectivity index (χ1v) is 8.47. The summed E-state index contributed by atoms with van der Waals surface area (Å²) in [6.07, 6.45) is -0.469. The zero-order valence-electron chi connectivity index (χ0n) is 14.0. The van der Waals surface area contributed by atoms with Crippen LogP contribution in [0.25, 0.3) is 0 Å². The van der Waals surface area contributed by atoms with Crippen molar-refractivity contribution < 1.29 is 19.0 Å². The number of Topliss-reactive ketones (excluding diaryl/α,β-unsaturated/α-hetero) is 1. The molecule has 1 fully saturated rings. The molecule has 0 amide bonds. The maximum Gasteiger partial charge on any atom is 0.164 e. The summed E-state index contributed by atoms with van der Waals surface area (Å²) in [6.45, 7) is 2.00. The van der Waals surface area contributed by atoms with Crippen LogP contribution in [0.2, 0.25) is 0 Å². The number of hydrogen-bond acceptors (Lipinski definition) is 4. The fourth-order valence-corrected chi connectivity index (χ4v) is 3.11. The summed E-state index contributed by atoms with van der Waals surface area (Å²) in [5, 5.41) is 10.4. The maximum absolute atomic E-state index is 13.4. The molecule has 0 spiro atoms. The predicted molar refractivity (Wildman–Crippen MR) is 92.9 cm³/mol. The molecular weight excluding hydrogens is 321 g/mol. The fraction of sp³-hybridized carbons (Fsp3) is 0.350. The van der Waals surface area contributed by atoms with Crippen molar-refractivity contribution in [3.05, 3.63) is 71.5 Å². The maximum atomic E-state index is 13.4. The van der Waals surface area contributed by atoms with E-state index in [-0.39, 0.29) is 17.6 Å². The second-order valence-corrected chi connectivity index (χ2v) is 6.29. The first-order valence-electron chi connectivity index (χ1n) is 8.47. The van der Waals surface area contributed by atoms with Crippen LogP contribution in [0.3, 0.4) is 0 Å². The van der Waals surface area contributed by atoms with Crippen LogP contribution in [0, 0.1) is 5.82 Å². The summed E-state index contributed by atoms with van der Waals surface area (Å²) < 4.78 is 18.9. The molecule has 2 aromatic rings. The van der Waals surface area contributed by atoms with E-state index in [0.29, 0.717) is 43.9 Å². The Labute approximate surface area is 146 Å². The van der Waals surface area contributed by atoms with Gasteiger partial charge in [0.2, 0.25) is 0 Å². The molecule has 0 radical (unpaired) electrons. The van der Waals surface area contributed by atoms with Crippen LogP contribution in [0.4, 0.5) is 4.39 Å². The topological polar surface area (TPSA) is 49.8 Å². The third-order valence-electron chi connectivity index (χ3n) is 4.51. The molecule has 1 saturated heterocycles. The van der Waals surface area contributed by atoms with Gasteiger partial charge >= 0.3 is 0 Å². The van der Waals surface area contributed by atoms with Gasteiger partial charge in [-0.2, -0.15) is 0 Å². The number of carbonyl (C=O) groups excluding carboxylic acids is 1. The molecule has 5 heteroatoms. The number of carbonyl (C=O) groups is 1. The van der Waals surface area contributed by atoms with Crippen molar-refractivity contribution in [3.8, 4) is 0 Å². The zero-order chi connectivity index (χ0) is 17.6. The molecule has 3 rings (SSSR count). The number of ether oxygens (including phenoxy) is 1. The molecule has 132 valence electrons. The van der Waals surface area contributed by atoms with E-state index in [9.17, 15) is 14.3 Å². The predicted octanol–water partition coefficient (Wildman–Crippen LogP) is 2.83. The largest absolute Gasteiger partial charge is 0.387 e. The fourth-order valence-electron chi connectivity index (χ4n) is 3.11. The van der Waals surface area contributed by atoms with E-state index < -0.39 is 6.10 Å². The molecule has 0 aliphatic carbocycles. The minimum atomic E-state index is -0.803. The van der Waals surface area contributed by atoms with E-state index in [4.69, 9.17) is 4.74 Å². The molecule has 25 heavy (non-hydrogen) atoms. The van der Waals surface area contributed by atoms with E-state index in [1.807, 2.05) is 18.2 Å². The van der Waals surface area contributed by atoms with Gasteiger partial charge in [0.15, 0.2) is 5.78 Å². The van der Waals surface area contributed by atoms with Crippen molar-refractivity contribution in [1.29, 1.82) is 0 Å². The summed E-state index contributed by atoms with van der Waals surface area (Å²) in [6, 6.07) is 15.1. The normalized spacial score (nSPS) is 19.5. The van der Waals surface area contributed by atoms with Crippen LogP contribution in [0.15, 0.2) is 54.6 Å². The number of nitrogens with zero attached hydrogens (tertiary/aromatic N) is 1. The van der Waals surface area contributed by atoms with Crippen LogP contribution in [-0.4, -0.2) is 48.1 Å². The minimum absolute atomic E-state index is 0.0568. The number of benzene rings is 2. The number of morpholine rings is 1. The van der Waals surface area contributed by atoms with E-state index in [2.05, 4.69) is 4.90 Å². The summed E-state index contributed by atoms with van der Waals surface area (Å²) in [4.78, 5) is 14.5. The van der Waals surface area contributed by atoms with E-state index in [1.165, 1.54) is 12.1 Å². The molecule has 0 saturated carbocycles. The third-order valence-corrected chi connectivity index (χ3v) is 4.51. The highest BCUT2D eigenvalue weighted by Gasteiger charge is 2.27. The number of ketones is 1. The Hall–Kier alpha value is -2.08. The highest BCUT2D eigenvalue weighted by atomic mass is 19.1. The highest BCUT2D eigenvalue weighted by Crippen LogP contribution is 2.20. The first kappa shape index (κ1) is 17.7. The average molecular weight is 343 g/mol. The third kappa shape index (κ3) is 4.72. The summed E-state index contributed by atoms with van der Waals surface area (Å²) in [7, 11) is 0. The van der Waals surface area contributed by atoms with Crippen LogP contribution in [0.1, 0.15) is 28.4 Å². The first-order chi connectivity index (χ1) is 12.1. The molecule has 2 aromatic carbocycles. The van der Waals surface area contributed by atoms with Crippen molar-refractivity contribution in [3.63, 3.8) is 0 Å². The lowest BCUT2D eigenvalue weighted by atomic mass is 10.0. The monoisotopic (exact) mass is 343 g/mol. The summed E-state index contributed by atoms with van der Waals surface area (Å²) in [5.41, 5.74) is 1.22. The van der Waals surface area contributed by atoms with Gasteiger partial charge in [-0.25, -0.2) is 4.39 Å². The number of hydrogen-bond donors (Lipinski definition) is 1. The van der Waals surface area contributed by atoms with E-state index >= 15 is 0 Å². The quantitative estimate of drug-likeness (QED) is 0.820. The van der Waals surface area contributed by atoms with Crippen LogP contribution >= 0.6 is 0 Å². The van der Waals surface area contributed by atoms with Crippen molar-refractivity contribution >= 4 is 5.78 Å². The van der Waals surface area contributed by atoms with Crippen molar-refractivity contribution in [2.24, 2.45) is 0 Å². The Morgan fingerprint density at radius 2 is 2.04 bits per heavy atom. The molecular formula is C20H22FNO3. The molecule has 1 aliphatic rings. The van der Waals surface area contributed by atoms with Crippen molar-refractivity contribution in [2.75, 3.05) is 26.3 Å². The Morgan fingerprint density at radius 1 is 1.24 bits per heavy atom. The SMILES string of the molecule is O=C(C[C@@H]1COCCN1C[C@@H](O)c1cccc(F)c1)c1ccccc1. The molecule has 0 aromatic heterocycles. The van der Waals surface area contributed by atoms with Gasteiger partial charge in [0, 0.05) is 31.1 Å². The zero-order valence-corrected chi connectivity index (χ0v) is 14.0. The van der Waals surface area contributed by atoms with Gasteiger partial charge in [0.05, 0.1) is 19.3 Å². The Kier molecular flexibility index (Phi) is 5.91. The Bertz CT molecular complexity index is 707. The molecule has 1 N–H and O–H groups in total. The number of β-amino-alcohol motifs (C(OH)–C–C–N with tert-alkyl or cyclic N) is 1. The lowest BCUT2D eigenvalue weighted by Crippen LogP contribution is -2.48. The summed E-state index contributed by atoms with van der Waals surface area (Å²) >= 11 is 0. The van der Waals surface area contributed by atoms with Gasteiger partial charge in [-0.1, -0.05) is 42.5 Å². The number of aliphatic hydroxyl groups excluding tert-OH is 1. The van der Waals surface area contributed by atoms with Gasteiger partial charge in [-0.15, -0.1) is 0 Å².